The molecule has 2 rings (SSSR count). The minimum absolute atomic E-state index is 0.00883. The summed E-state index contributed by atoms with van der Waals surface area (Å²) in [5.74, 6) is 0.291. The van der Waals surface area contributed by atoms with Crippen LogP contribution in [0.25, 0.3) is 11.5 Å². The molecule has 0 fully saturated rings. The Labute approximate surface area is 139 Å². The number of aromatic nitrogens is 2. The average Bonchev–Trinajstić information content (AvgIpc) is 3.02. The van der Waals surface area contributed by atoms with Crippen molar-refractivity contribution in [3.63, 3.8) is 0 Å². The summed E-state index contributed by atoms with van der Waals surface area (Å²) in [6.07, 6.45) is 0. The molecule has 1 N–H and O–H groups in total. The molecule has 120 valence electrons. The highest BCUT2D eigenvalue weighted by atomic mass is 32.2. The Morgan fingerprint density at radius 2 is 2.09 bits per heavy atom. The van der Waals surface area contributed by atoms with Crippen LogP contribution in [0.2, 0.25) is 0 Å². The van der Waals surface area contributed by atoms with Gasteiger partial charge in [0.1, 0.15) is 5.54 Å². The van der Waals surface area contributed by atoms with Crippen molar-refractivity contribution in [1.29, 1.82) is 5.26 Å². The molecule has 1 atom stereocenters. The van der Waals surface area contributed by atoms with Crippen LogP contribution < -0.4 is 5.32 Å². The van der Waals surface area contributed by atoms with Crippen LogP contribution >= 0.6 is 11.8 Å². The maximum atomic E-state index is 12.0. The highest BCUT2D eigenvalue weighted by molar-refractivity contribution is 7.99. The molecule has 1 aromatic carbocycles. The fraction of sp³-hybridized carbons (Fsp3) is 0.375. The fourth-order valence-electron chi connectivity index (χ4n) is 1.72. The highest BCUT2D eigenvalue weighted by Crippen LogP contribution is 2.23. The second kappa shape index (κ2) is 7.29. The summed E-state index contributed by atoms with van der Waals surface area (Å²) in [5.41, 5.74) is -0.0602. The molecule has 0 aliphatic carbocycles. The highest BCUT2D eigenvalue weighted by Gasteiger charge is 2.30. The lowest BCUT2D eigenvalue weighted by atomic mass is 9.90. The Hall–Kier alpha value is -2.33. The minimum Gasteiger partial charge on any atom is -0.411 e. The maximum absolute atomic E-state index is 12.0. The Bertz CT molecular complexity index is 708. The number of nitrogens with one attached hydrogen (secondary N) is 1. The first-order valence-electron chi connectivity index (χ1n) is 7.18. The Morgan fingerprint density at radius 3 is 2.70 bits per heavy atom. The van der Waals surface area contributed by atoms with Gasteiger partial charge < -0.3 is 9.73 Å². The molecule has 0 saturated heterocycles. The van der Waals surface area contributed by atoms with Gasteiger partial charge in [0.15, 0.2) is 0 Å². The fourth-order valence-corrected chi connectivity index (χ4v) is 2.28. The van der Waals surface area contributed by atoms with Crippen LogP contribution in [0, 0.1) is 17.2 Å². The lowest BCUT2D eigenvalue weighted by Gasteiger charge is -2.27. The molecule has 0 saturated carbocycles. The van der Waals surface area contributed by atoms with Gasteiger partial charge >= 0.3 is 0 Å². The van der Waals surface area contributed by atoms with E-state index in [2.05, 4.69) is 21.6 Å². The van der Waals surface area contributed by atoms with Gasteiger partial charge in [0.05, 0.1) is 11.8 Å². The number of benzene rings is 1. The average molecular weight is 330 g/mol. The summed E-state index contributed by atoms with van der Waals surface area (Å²) >= 11 is 1.15. The van der Waals surface area contributed by atoms with E-state index in [1.807, 2.05) is 44.2 Å². The first-order chi connectivity index (χ1) is 10.9. The van der Waals surface area contributed by atoms with E-state index in [9.17, 15) is 10.1 Å². The standard InChI is InChI=1S/C16H18N4O2S/c1-11(2)16(3,10-17)18-13(21)9-23-15-20-19-14(22-15)12-7-5-4-6-8-12/h4-8,11H,9H2,1-3H3,(H,18,21). The topological polar surface area (TPSA) is 91.8 Å². The number of hydrogen-bond acceptors (Lipinski definition) is 6. The van der Waals surface area contributed by atoms with E-state index in [0.717, 1.165) is 17.3 Å². The molecule has 1 amide bonds. The van der Waals surface area contributed by atoms with E-state index in [1.54, 1.807) is 6.92 Å². The molecule has 23 heavy (non-hydrogen) atoms. The van der Waals surface area contributed by atoms with Crippen molar-refractivity contribution in [3.05, 3.63) is 30.3 Å². The summed E-state index contributed by atoms with van der Waals surface area (Å²) in [4.78, 5) is 12.0. The van der Waals surface area contributed by atoms with Crippen molar-refractivity contribution < 1.29 is 9.21 Å². The third-order valence-corrected chi connectivity index (χ3v) is 4.36. The first kappa shape index (κ1) is 17.0. The number of nitriles is 1. The first-order valence-corrected chi connectivity index (χ1v) is 8.17. The van der Waals surface area contributed by atoms with Crippen molar-refractivity contribution in [3.8, 4) is 17.5 Å². The van der Waals surface area contributed by atoms with Crippen LogP contribution in [-0.2, 0) is 4.79 Å². The predicted octanol–water partition coefficient (Wildman–Crippen LogP) is 2.88. The zero-order chi connectivity index (χ0) is 16.9. The van der Waals surface area contributed by atoms with E-state index in [4.69, 9.17) is 4.42 Å². The molecule has 0 radical (unpaired) electrons. The molecule has 0 aliphatic heterocycles. The lowest BCUT2D eigenvalue weighted by molar-refractivity contribution is -0.120. The summed E-state index contributed by atoms with van der Waals surface area (Å²) in [5, 5.41) is 20.1. The minimum atomic E-state index is -0.887. The lowest BCUT2D eigenvalue weighted by Crippen LogP contribution is -2.49. The van der Waals surface area contributed by atoms with Gasteiger partial charge in [0, 0.05) is 5.56 Å². The predicted molar refractivity (Wildman–Crippen MR) is 87.5 cm³/mol. The van der Waals surface area contributed by atoms with E-state index in [0.29, 0.717) is 11.1 Å². The molecule has 0 spiro atoms. The van der Waals surface area contributed by atoms with E-state index >= 15 is 0 Å². The van der Waals surface area contributed by atoms with Crippen molar-refractivity contribution in [2.45, 2.75) is 31.5 Å². The SMILES string of the molecule is CC(C)C(C)(C#N)NC(=O)CSc1nnc(-c2ccccc2)o1. The molecule has 0 aliphatic rings. The Kier molecular flexibility index (Phi) is 5.40. The molecule has 1 aromatic heterocycles. The van der Waals surface area contributed by atoms with Crippen molar-refractivity contribution in [2.75, 3.05) is 5.75 Å². The Morgan fingerprint density at radius 1 is 1.39 bits per heavy atom. The van der Waals surface area contributed by atoms with Gasteiger partial charge in [-0.15, -0.1) is 10.2 Å². The van der Waals surface area contributed by atoms with Gasteiger partial charge in [0.25, 0.3) is 5.22 Å². The second-order valence-corrected chi connectivity index (χ2v) is 6.47. The van der Waals surface area contributed by atoms with Gasteiger partial charge in [-0.05, 0) is 25.0 Å². The molecular formula is C16H18N4O2S. The molecule has 6 nitrogen and oxygen atoms in total. The smallest absolute Gasteiger partial charge is 0.277 e. The number of carbonyl (C=O) groups is 1. The van der Waals surface area contributed by atoms with Crippen LogP contribution in [0.1, 0.15) is 20.8 Å². The quantitative estimate of drug-likeness (QED) is 0.819. The summed E-state index contributed by atoms with van der Waals surface area (Å²) in [7, 11) is 0. The van der Waals surface area contributed by atoms with Crippen LogP contribution in [-0.4, -0.2) is 27.4 Å². The molecule has 1 unspecified atom stereocenters. The van der Waals surface area contributed by atoms with E-state index in [-0.39, 0.29) is 17.6 Å². The largest absolute Gasteiger partial charge is 0.411 e. The molecular weight excluding hydrogens is 312 g/mol. The van der Waals surface area contributed by atoms with Crippen molar-refractivity contribution in [2.24, 2.45) is 5.92 Å². The third-order valence-electron chi connectivity index (χ3n) is 3.54. The molecule has 0 bridgehead atoms. The summed E-state index contributed by atoms with van der Waals surface area (Å²) in [6, 6.07) is 11.6. The van der Waals surface area contributed by atoms with Gasteiger partial charge in [-0.25, -0.2) is 0 Å². The number of hydrogen-bond donors (Lipinski definition) is 1. The monoisotopic (exact) mass is 330 g/mol. The molecule has 2 aromatic rings. The zero-order valence-electron chi connectivity index (χ0n) is 13.2. The van der Waals surface area contributed by atoms with Crippen LogP contribution in [0.4, 0.5) is 0 Å². The normalized spacial score (nSPS) is 13.3. The molecule has 1 heterocycles. The maximum Gasteiger partial charge on any atom is 0.277 e. The Balaban J connectivity index is 1.93. The van der Waals surface area contributed by atoms with E-state index < -0.39 is 5.54 Å². The van der Waals surface area contributed by atoms with Crippen molar-refractivity contribution in [1.82, 2.24) is 15.5 Å². The zero-order valence-corrected chi connectivity index (χ0v) is 14.1. The van der Waals surface area contributed by atoms with Crippen molar-refractivity contribution >= 4 is 17.7 Å². The van der Waals surface area contributed by atoms with Gasteiger partial charge in [-0.2, -0.15) is 5.26 Å². The van der Waals surface area contributed by atoms with Gasteiger partial charge in [0.2, 0.25) is 11.8 Å². The summed E-state index contributed by atoms with van der Waals surface area (Å²) in [6.45, 7) is 5.49. The molecule has 7 heteroatoms. The number of thioether (sulfide) groups is 1. The van der Waals surface area contributed by atoms with Crippen LogP contribution in [0.3, 0.4) is 0 Å². The summed E-state index contributed by atoms with van der Waals surface area (Å²) < 4.78 is 5.52. The van der Waals surface area contributed by atoms with Crippen LogP contribution in [0.15, 0.2) is 40.0 Å². The van der Waals surface area contributed by atoms with Gasteiger partial charge in [-0.1, -0.05) is 43.8 Å². The van der Waals surface area contributed by atoms with Gasteiger partial charge in [-0.3, -0.25) is 4.79 Å². The third kappa shape index (κ3) is 4.33. The second-order valence-electron chi connectivity index (χ2n) is 5.54. The van der Waals surface area contributed by atoms with Crippen LogP contribution in [0.5, 0.6) is 0 Å². The van der Waals surface area contributed by atoms with E-state index in [1.165, 1.54) is 0 Å². The number of carbonyl (C=O) groups excluding carboxylic acids is 1. The number of nitrogens with zero attached hydrogens (tertiary/aromatic N) is 3. The number of rotatable bonds is 6. The number of amides is 1.